The third kappa shape index (κ3) is 7.67. The molecule has 6 nitrogen and oxygen atoms in total. The Morgan fingerprint density at radius 1 is 1.29 bits per heavy atom. The van der Waals surface area contributed by atoms with E-state index in [1.165, 1.54) is 0 Å². The topological polar surface area (TPSA) is 107 Å². The number of carboxylic acid groups (broad SMARTS) is 1. The number of nitrogens with two attached hydrogens (primary N) is 1. The van der Waals surface area contributed by atoms with Crippen LogP contribution >= 0.6 is 24.8 Å². The first-order valence-corrected chi connectivity index (χ1v) is 6.76. The molecule has 0 aromatic rings. The predicted octanol–water partition coefficient (Wildman–Crippen LogP) is 0.453. The van der Waals surface area contributed by atoms with E-state index in [2.05, 4.69) is 0 Å². The fraction of sp³-hybridized carbons (Fsp3) is 0.917. The van der Waals surface area contributed by atoms with Crippen molar-refractivity contribution in [2.24, 2.45) is 17.6 Å². The number of halogens is 2. The lowest BCUT2D eigenvalue weighted by Gasteiger charge is -2.40. The molecule has 0 bridgehead atoms. The highest BCUT2D eigenvalue weighted by atomic mass is 35.5. The molecule has 5 N–H and O–H groups in total. The third-order valence-electron chi connectivity index (χ3n) is 3.85. The van der Waals surface area contributed by atoms with Gasteiger partial charge in [0.1, 0.15) is 5.54 Å². The molecule has 1 aliphatic rings. The summed E-state index contributed by atoms with van der Waals surface area (Å²) in [6.45, 7) is 0.810. The molecule has 0 amide bonds. The largest absolute Gasteiger partial charge is 0.480 e. The van der Waals surface area contributed by atoms with Gasteiger partial charge in [0.15, 0.2) is 0 Å². The summed E-state index contributed by atoms with van der Waals surface area (Å²) >= 11 is 0. The Hall–Kier alpha value is -0.0451. The lowest BCUT2D eigenvalue weighted by atomic mass is 9.67. The molecule has 0 saturated heterocycles. The number of hydrogen-bond donors (Lipinski definition) is 4. The molecular formula is C12H27BCl2N2O4. The number of rotatable bonds is 6. The van der Waals surface area contributed by atoms with Gasteiger partial charge in [-0.2, -0.15) is 0 Å². The Bertz CT molecular complexity index is 324. The zero-order valence-corrected chi connectivity index (χ0v) is 14.2. The van der Waals surface area contributed by atoms with Crippen molar-refractivity contribution in [2.45, 2.75) is 37.5 Å². The number of hydrogen-bond acceptors (Lipinski definition) is 5. The van der Waals surface area contributed by atoms with Crippen molar-refractivity contribution < 1.29 is 19.9 Å². The van der Waals surface area contributed by atoms with E-state index in [1.54, 1.807) is 0 Å². The number of carbonyl (C=O) groups is 1. The SMILES string of the molecule is CN(C)C[C@@H]1C[C@@H](CCB(O)O)CC(N)(C(=O)O)C1.Cl.Cl. The Morgan fingerprint density at radius 3 is 2.24 bits per heavy atom. The predicted molar refractivity (Wildman–Crippen MR) is 88.1 cm³/mol. The van der Waals surface area contributed by atoms with Crippen LogP contribution in [-0.4, -0.2) is 59.3 Å². The van der Waals surface area contributed by atoms with Crippen molar-refractivity contribution in [3.8, 4) is 0 Å². The van der Waals surface area contributed by atoms with Crippen molar-refractivity contribution in [1.82, 2.24) is 4.90 Å². The van der Waals surface area contributed by atoms with E-state index in [1.807, 2.05) is 19.0 Å². The van der Waals surface area contributed by atoms with Gasteiger partial charge in [0, 0.05) is 6.54 Å². The van der Waals surface area contributed by atoms with Crippen LogP contribution in [0.3, 0.4) is 0 Å². The Kier molecular flexibility index (Phi) is 10.9. The van der Waals surface area contributed by atoms with Crippen LogP contribution in [0, 0.1) is 11.8 Å². The second kappa shape index (κ2) is 9.87. The highest BCUT2D eigenvalue weighted by molar-refractivity contribution is 6.40. The molecule has 1 aliphatic carbocycles. The van der Waals surface area contributed by atoms with Crippen LogP contribution in [0.25, 0.3) is 0 Å². The Labute approximate surface area is 139 Å². The van der Waals surface area contributed by atoms with Crippen molar-refractivity contribution in [3.63, 3.8) is 0 Å². The molecule has 0 radical (unpaired) electrons. The van der Waals surface area contributed by atoms with Crippen LogP contribution in [-0.2, 0) is 4.79 Å². The van der Waals surface area contributed by atoms with Crippen molar-refractivity contribution >= 4 is 37.9 Å². The van der Waals surface area contributed by atoms with Gasteiger partial charge in [-0.25, -0.2) is 0 Å². The Morgan fingerprint density at radius 2 is 1.81 bits per heavy atom. The van der Waals surface area contributed by atoms with Gasteiger partial charge >= 0.3 is 13.1 Å². The first-order valence-electron chi connectivity index (χ1n) is 6.76. The first kappa shape index (κ1) is 23.2. The minimum atomic E-state index is -1.33. The molecular weight excluding hydrogens is 318 g/mol. The minimum absolute atomic E-state index is 0. The molecule has 0 spiro atoms. The molecule has 0 heterocycles. The fourth-order valence-electron chi connectivity index (χ4n) is 3.19. The van der Waals surface area contributed by atoms with Crippen LogP contribution in [0.4, 0.5) is 0 Å². The second-order valence-electron chi connectivity index (χ2n) is 6.16. The first-order chi connectivity index (χ1) is 8.73. The quantitative estimate of drug-likeness (QED) is 0.521. The van der Waals surface area contributed by atoms with Gasteiger partial charge in [-0.3, -0.25) is 4.79 Å². The molecule has 126 valence electrons. The van der Waals surface area contributed by atoms with Crippen molar-refractivity contribution in [1.29, 1.82) is 0 Å². The van der Waals surface area contributed by atoms with E-state index >= 15 is 0 Å². The second-order valence-corrected chi connectivity index (χ2v) is 6.16. The maximum atomic E-state index is 11.4. The fourth-order valence-corrected chi connectivity index (χ4v) is 3.19. The smallest absolute Gasteiger partial charge is 0.451 e. The summed E-state index contributed by atoms with van der Waals surface area (Å²) in [5.74, 6) is -0.571. The highest BCUT2D eigenvalue weighted by Gasteiger charge is 2.43. The lowest BCUT2D eigenvalue weighted by molar-refractivity contribution is -0.146. The normalized spacial score (nSPS) is 28.5. The standard InChI is InChI=1S/C12H25BN2O4.2ClH/c1-15(2)8-10-5-9(3-4-13(18)19)6-12(14,7-10)11(16)17;;/h9-10,18-19H,3-8,14H2,1-2H3,(H,16,17);2*1H/t9-,10-,12?;;/m1../s1. The zero-order chi connectivity index (χ0) is 14.6. The number of aliphatic carboxylic acids is 1. The molecule has 21 heavy (non-hydrogen) atoms. The van der Waals surface area contributed by atoms with Gasteiger partial charge in [-0.1, -0.05) is 6.42 Å². The molecule has 9 heteroatoms. The highest BCUT2D eigenvalue weighted by Crippen LogP contribution is 2.37. The summed E-state index contributed by atoms with van der Waals surface area (Å²) in [5, 5.41) is 27.2. The third-order valence-corrected chi connectivity index (χ3v) is 3.85. The van der Waals surface area contributed by atoms with Crippen LogP contribution in [0.2, 0.25) is 6.32 Å². The summed E-state index contributed by atoms with van der Waals surface area (Å²) in [6, 6.07) is 0. The van der Waals surface area contributed by atoms with Gasteiger partial charge in [0.25, 0.3) is 0 Å². The molecule has 0 aliphatic heterocycles. The van der Waals surface area contributed by atoms with Crippen LogP contribution in [0.15, 0.2) is 0 Å². The summed E-state index contributed by atoms with van der Waals surface area (Å²) in [5.41, 5.74) is 4.85. The van der Waals surface area contributed by atoms with Crippen LogP contribution in [0.5, 0.6) is 0 Å². The van der Waals surface area contributed by atoms with E-state index in [4.69, 9.17) is 15.8 Å². The van der Waals surface area contributed by atoms with E-state index in [0.29, 0.717) is 19.3 Å². The average Bonchev–Trinajstić information content (AvgIpc) is 2.24. The van der Waals surface area contributed by atoms with Crippen LogP contribution in [0.1, 0.15) is 25.7 Å². The van der Waals surface area contributed by atoms with Gasteiger partial charge in [-0.15, -0.1) is 24.8 Å². The van der Waals surface area contributed by atoms with Gasteiger partial charge in [0.05, 0.1) is 0 Å². The van der Waals surface area contributed by atoms with Gasteiger partial charge < -0.3 is 25.8 Å². The van der Waals surface area contributed by atoms with Gasteiger partial charge in [0.2, 0.25) is 0 Å². The summed E-state index contributed by atoms with van der Waals surface area (Å²) < 4.78 is 0. The molecule has 0 aromatic carbocycles. The molecule has 3 atom stereocenters. The maximum absolute atomic E-state index is 11.4. The average molecular weight is 345 g/mol. The molecule has 1 fully saturated rings. The molecule has 1 rings (SSSR count). The summed E-state index contributed by atoms with van der Waals surface area (Å²) in [6.07, 6.45) is 2.68. The van der Waals surface area contributed by atoms with Crippen LogP contribution < -0.4 is 5.73 Å². The zero-order valence-electron chi connectivity index (χ0n) is 12.6. The lowest BCUT2D eigenvalue weighted by Crippen LogP contribution is -2.54. The Balaban J connectivity index is 0. The van der Waals surface area contributed by atoms with Crippen molar-refractivity contribution in [3.05, 3.63) is 0 Å². The molecule has 1 saturated carbocycles. The number of nitrogens with zero attached hydrogens (tertiary/aromatic N) is 1. The van der Waals surface area contributed by atoms with E-state index in [0.717, 1.165) is 13.0 Å². The van der Waals surface area contributed by atoms with E-state index < -0.39 is 18.6 Å². The summed E-state index contributed by atoms with van der Waals surface area (Å²) in [4.78, 5) is 13.4. The minimum Gasteiger partial charge on any atom is -0.480 e. The van der Waals surface area contributed by atoms with E-state index in [-0.39, 0.29) is 43.0 Å². The maximum Gasteiger partial charge on any atom is 0.451 e. The van der Waals surface area contributed by atoms with Gasteiger partial charge in [-0.05, 0) is 51.5 Å². The molecule has 1 unspecified atom stereocenters. The van der Waals surface area contributed by atoms with Crippen molar-refractivity contribution in [2.75, 3.05) is 20.6 Å². The monoisotopic (exact) mass is 344 g/mol. The summed E-state index contributed by atoms with van der Waals surface area (Å²) in [7, 11) is 2.59. The molecule has 0 aromatic heterocycles. The van der Waals surface area contributed by atoms with E-state index in [9.17, 15) is 9.90 Å². The number of carboxylic acids is 1.